The van der Waals surface area contributed by atoms with Crippen LogP contribution in [0, 0.1) is 0 Å². The maximum Gasteiger partial charge on any atom is 0.246 e. The van der Waals surface area contributed by atoms with Crippen LogP contribution in [0.2, 0.25) is 0 Å². The molecule has 6 heteroatoms. The highest BCUT2D eigenvalue weighted by Gasteiger charge is 2.24. The Morgan fingerprint density at radius 3 is 2.81 bits per heavy atom. The fraction of sp³-hybridized carbons (Fsp3) is 0.450. The quantitative estimate of drug-likeness (QED) is 0.840. The van der Waals surface area contributed by atoms with Crippen molar-refractivity contribution in [1.29, 1.82) is 0 Å². The molecule has 0 bridgehead atoms. The van der Waals surface area contributed by atoms with Crippen molar-refractivity contribution in [3.8, 4) is 0 Å². The Kier molecular flexibility index (Phi) is 5.40. The Labute approximate surface area is 153 Å². The number of aromatic nitrogens is 2. The average molecular weight is 354 g/mol. The predicted molar refractivity (Wildman–Crippen MR) is 101 cm³/mol. The Bertz CT molecular complexity index is 839. The topological polar surface area (TPSA) is 67.2 Å². The van der Waals surface area contributed by atoms with Gasteiger partial charge in [-0.1, -0.05) is 18.7 Å². The first kappa shape index (κ1) is 18.2. The largest absolute Gasteiger partial charge is 0.345 e. The third kappa shape index (κ3) is 3.79. The van der Waals surface area contributed by atoms with E-state index in [2.05, 4.69) is 23.8 Å². The van der Waals surface area contributed by atoms with Gasteiger partial charge in [-0.25, -0.2) is 4.98 Å². The van der Waals surface area contributed by atoms with E-state index < -0.39 is 0 Å². The molecule has 2 amide bonds. The lowest BCUT2D eigenvalue weighted by molar-refractivity contribution is -0.135. The Hall–Kier alpha value is -2.63. The van der Waals surface area contributed by atoms with Crippen LogP contribution in [-0.4, -0.2) is 38.9 Å². The number of rotatable bonds is 5. The number of amides is 2. The number of para-hydroxylation sites is 2. The summed E-state index contributed by atoms with van der Waals surface area (Å²) in [5, 5.41) is 2.81. The molecule has 1 saturated heterocycles. The van der Waals surface area contributed by atoms with E-state index >= 15 is 0 Å². The van der Waals surface area contributed by atoms with E-state index in [1.807, 2.05) is 33.7 Å². The van der Waals surface area contributed by atoms with Crippen molar-refractivity contribution in [2.75, 3.05) is 6.54 Å². The van der Waals surface area contributed by atoms with Crippen molar-refractivity contribution >= 4 is 22.8 Å². The number of fused-ring (bicyclic) bond motifs is 1. The van der Waals surface area contributed by atoms with Crippen LogP contribution in [0.5, 0.6) is 0 Å². The number of piperidine rings is 1. The van der Waals surface area contributed by atoms with Gasteiger partial charge in [-0.15, -0.1) is 0 Å². The summed E-state index contributed by atoms with van der Waals surface area (Å²) in [7, 11) is 0. The number of nitrogens with one attached hydrogen (secondary N) is 1. The molecule has 3 rings (SSSR count). The molecule has 1 aliphatic heterocycles. The third-order valence-electron chi connectivity index (χ3n) is 4.94. The van der Waals surface area contributed by atoms with Crippen LogP contribution in [0.3, 0.4) is 0 Å². The standard InChI is InChI=1S/C20H26N4O2/c1-14(2)20(26)21-12-18-22-16-9-4-5-10-17(16)24(18)13-19(25)23-11-7-6-8-15(23)3/h4-5,9-10,15H,1,6-8,11-13H2,2-3H3,(H,21,26). The number of nitrogens with zero attached hydrogens (tertiary/aromatic N) is 3. The second kappa shape index (κ2) is 7.72. The number of imidazole rings is 1. The second-order valence-corrected chi connectivity index (χ2v) is 7.00. The molecule has 0 aliphatic carbocycles. The van der Waals surface area contributed by atoms with Gasteiger partial charge in [0, 0.05) is 18.2 Å². The van der Waals surface area contributed by atoms with Crippen molar-refractivity contribution in [2.45, 2.75) is 52.2 Å². The van der Waals surface area contributed by atoms with Crippen LogP contribution in [-0.2, 0) is 22.7 Å². The van der Waals surface area contributed by atoms with E-state index in [9.17, 15) is 9.59 Å². The van der Waals surface area contributed by atoms with Crippen molar-refractivity contribution in [2.24, 2.45) is 0 Å². The third-order valence-corrected chi connectivity index (χ3v) is 4.94. The van der Waals surface area contributed by atoms with Gasteiger partial charge in [-0.3, -0.25) is 9.59 Å². The summed E-state index contributed by atoms with van der Waals surface area (Å²) < 4.78 is 1.91. The zero-order valence-corrected chi connectivity index (χ0v) is 15.5. The molecule has 6 nitrogen and oxygen atoms in total. The van der Waals surface area contributed by atoms with Gasteiger partial charge in [0.25, 0.3) is 0 Å². The zero-order chi connectivity index (χ0) is 18.7. The van der Waals surface area contributed by atoms with Crippen molar-refractivity contribution in [3.63, 3.8) is 0 Å². The highest BCUT2D eigenvalue weighted by molar-refractivity contribution is 5.92. The smallest absolute Gasteiger partial charge is 0.246 e. The second-order valence-electron chi connectivity index (χ2n) is 7.00. The molecule has 1 fully saturated rings. The van der Waals surface area contributed by atoms with Crippen LogP contribution in [0.25, 0.3) is 11.0 Å². The number of hydrogen-bond donors (Lipinski definition) is 1. The Balaban J connectivity index is 1.85. The van der Waals surface area contributed by atoms with Gasteiger partial charge in [0.1, 0.15) is 12.4 Å². The molecule has 1 unspecified atom stereocenters. The molecule has 1 N–H and O–H groups in total. The summed E-state index contributed by atoms with van der Waals surface area (Å²) in [6, 6.07) is 8.01. The van der Waals surface area contributed by atoms with Gasteiger partial charge < -0.3 is 14.8 Å². The molecule has 26 heavy (non-hydrogen) atoms. The van der Waals surface area contributed by atoms with Crippen molar-refractivity contribution < 1.29 is 9.59 Å². The summed E-state index contributed by atoms with van der Waals surface area (Å²) in [6.07, 6.45) is 3.29. The molecule has 2 heterocycles. The van der Waals surface area contributed by atoms with Gasteiger partial charge >= 0.3 is 0 Å². The van der Waals surface area contributed by atoms with Crippen molar-refractivity contribution in [3.05, 3.63) is 42.2 Å². The molecular weight excluding hydrogens is 328 g/mol. The van der Waals surface area contributed by atoms with E-state index in [4.69, 9.17) is 0 Å². The van der Waals surface area contributed by atoms with Crippen LogP contribution in [0.4, 0.5) is 0 Å². The molecule has 1 aliphatic rings. The minimum atomic E-state index is -0.209. The lowest BCUT2D eigenvalue weighted by Gasteiger charge is -2.33. The number of hydrogen-bond acceptors (Lipinski definition) is 3. The molecule has 1 atom stereocenters. The summed E-state index contributed by atoms with van der Waals surface area (Å²) in [5.74, 6) is 0.575. The van der Waals surface area contributed by atoms with Gasteiger partial charge in [-0.2, -0.15) is 0 Å². The SMILES string of the molecule is C=C(C)C(=O)NCc1nc2ccccc2n1CC(=O)N1CCCCC1C. The minimum absolute atomic E-state index is 0.104. The molecule has 1 aromatic heterocycles. The molecular formula is C20H26N4O2. The summed E-state index contributed by atoms with van der Waals surface area (Å²) in [6.45, 7) is 8.74. The van der Waals surface area contributed by atoms with Crippen LogP contribution in [0.15, 0.2) is 36.4 Å². The molecule has 1 aromatic carbocycles. The van der Waals surface area contributed by atoms with Gasteiger partial charge in [0.15, 0.2) is 0 Å². The fourth-order valence-electron chi connectivity index (χ4n) is 3.44. The zero-order valence-electron chi connectivity index (χ0n) is 15.5. The first-order chi connectivity index (χ1) is 12.5. The van der Waals surface area contributed by atoms with Gasteiger partial charge in [0.2, 0.25) is 11.8 Å². The molecule has 0 spiro atoms. The van der Waals surface area contributed by atoms with Crippen LogP contribution >= 0.6 is 0 Å². The van der Waals surface area contributed by atoms with Gasteiger partial charge in [-0.05, 0) is 45.2 Å². The number of carbonyl (C=O) groups is 2. The summed E-state index contributed by atoms with van der Waals surface area (Å²) >= 11 is 0. The average Bonchev–Trinajstić information content (AvgIpc) is 2.97. The first-order valence-electron chi connectivity index (χ1n) is 9.14. The molecule has 138 valence electrons. The van der Waals surface area contributed by atoms with Crippen LogP contribution < -0.4 is 5.32 Å². The Morgan fingerprint density at radius 1 is 1.31 bits per heavy atom. The van der Waals surface area contributed by atoms with E-state index in [1.54, 1.807) is 6.92 Å². The number of benzene rings is 1. The highest BCUT2D eigenvalue weighted by Crippen LogP contribution is 2.20. The predicted octanol–water partition coefficient (Wildman–Crippen LogP) is 2.63. The molecule has 0 radical (unpaired) electrons. The number of carbonyl (C=O) groups excluding carboxylic acids is 2. The van der Waals surface area contributed by atoms with Crippen molar-refractivity contribution in [1.82, 2.24) is 19.8 Å². The van der Waals surface area contributed by atoms with Crippen LogP contribution in [0.1, 0.15) is 38.9 Å². The fourth-order valence-corrected chi connectivity index (χ4v) is 3.44. The Morgan fingerprint density at radius 2 is 2.08 bits per heavy atom. The number of likely N-dealkylation sites (tertiary alicyclic amines) is 1. The van der Waals surface area contributed by atoms with E-state index in [1.165, 1.54) is 6.42 Å². The minimum Gasteiger partial charge on any atom is -0.345 e. The highest BCUT2D eigenvalue weighted by atomic mass is 16.2. The maximum atomic E-state index is 12.9. The molecule has 2 aromatic rings. The van der Waals surface area contributed by atoms with E-state index in [0.717, 1.165) is 30.4 Å². The molecule has 0 saturated carbocycles. The van der Waals surface area contributed by atoms with E-state index in [-0.39, 0.29) is 30.9 Å². The summed E-state index contributed by atoms with van der Waals surface area (Å²) in [5.41, 5.74) is 2.18. The van der Waals surface area contributed by atoms with E-state index in [0.29, 0.717) is 11.4 Å². The maximum absolute atomic E-state index is 12.9. The summed E-state index contributed by atoms with van der Waals surface area (Å²) in [4.78, 5) is 31.3. The van der Waals surface area contributed by atoms with Gasteiger partial charge in [0.05, 0.1) is 17.6 Å². The first-order valence-corrected chi connectivity index (χ1v) is 9.14. The monoisotopic (exact) mass is 354 g/mol. The normalized spacial score (nSPS) is 17.3. The lowest BCUT2D eigenvalue weighted by Crippen LogP contribution is -2.43. The lowest BCUT2D eigenvalue weighted by atomic mass is 10.0.